The molecule has 2 aliphatic heterocycles. The highest BCUT2D eigenvalue weighted by Gasteiger charge is 2.35. The molecule has 1 fully saturated rings. The van der Waals surface area contributed by atoms with Gasteiger partial charge in [-0.3, -0.25) is 4.90 Å². The Hall–Kier alpha value is -1.86. The standard InChI is InChI=1S/C30H41N/c1-20(2)24-17-28(21(3)4)30(29(18-24)22(5)6)25-15-26-13-10-14-27(16-25)31(26)19-23-11-8-7-9-12-23/h7-9,11-12,15,17-18,20-22,26-27H,10,13-14,16,19H2,1-6H3. The Kier molecular flexibility index (Phi) is 6.72. The molecule has 2 aromatic rings. The van der Waals surface area contributed by atoms with Gasteiger partial charge in [0.05, 0.1) is 0 Å². The molecule has 0 saturated carbocycles. The second kappa shape index (κ2) is 9.33. The van der Waals surface area contributed by atoms with E-state index in [1.165, 1.54) is 36.8 Å². The molecule has 0 amide bonds. The summed E-state index contributed by atoms with van der Waals surface area (Å²) in [6, 6.07) is 17.3. The fourth-order valence-corrected chi connectivity index (χ4v) is 5.67. The van der Waals surface area contributed by atoms with Crippen LogP contribution in [0.1, 0.15) is 113 Å². The minimum atomic E-state index is 0.550. The Morgan fingerprint density at radius 2 is 1.48 bits per heavy atom. The molecule has 0 radical (unpaired) electrons. The minimum absolute atomic E-state index is 0.550. The highest BCUT2D eigenvalue weighted by Crippen LogP contribution is 2.43. The van der Waals surface area contributed by atoms with Gasteiger partial charge in [-0.05, 0) is 70.4 Å². The van der Waals surface area contributed by atoms with Gasteiger partial charge in [-0.25, -0.2) is 0 Å². The van der Waals surface area contributed by atoms with Gasteiger partial charge in [0, 0.05) is 18.6 Å². The van der Waals surface area contributed by atoms with E-state index < -0.39 is 0 Å². The number of piperidine rings is 1. The zero-order chi connectivity index (χ0) is 22.1. The van der Waals surface area contributed by atoms with Crippen molar-refractivity contribution in [2.24, 2.45) is 0 Å². The molecule has 0 aromatic heterocycles. The van der Waals surface area contributed by atoms with Crippen molar-refractivity contribution in [3.05, 3.63) is 76.4 Å². The number of nitrogens with zero attached hydrogens (tertiary/aromatic N) is 1. The summed E-state index contributed by atoms with van der Waals surface area (Å²) in [5, 5.41) is 0. The van der Waals surface area contributed by atoms with Crippen molar-refractivity contribution >= 4 is 5.57 Å². The fraction of sp³-hybridized carbons (Fsp3) is 0.533. The summed E-state index contributed by atoms with van der Waals surface area (Å²) in [4.78, 5) is 2.79. The molecule has 0 N–H and O–H groups in total. The van der Waals surface area contributed by atoms with Crippen LogP contribution in [0, 0.1) is 0 Å². The quantitative estimate of drug-likeness (QED) is 0.459. The van der Waals surface area contributed by atoms with Crippen LogP contribution < -0.4 is 0 Å². The van der Waals surface area contributed by atoms with Crippen LogP contribution in [0.5, 0.6) is 0 Å². The maximum Gasteiger partial charge on any atom is 0.0290 e. The Morgan fingerprint density at radius 1 is 0.839 bits per heavy atom. The Morgan fingerprint density at radius 3 is 2.03 bits per heavy atom. The van der Waals surface area contributed by atoms with E-state index in [1.54, 1.807) is 22.3 Å². The van der Waals surface area contributed by atoms with E-state index in [0.717, 1.165) is 6.54 Å². The molecular weight excluding hydrogens is 374 g/mol. The third-order valence-corrected chi connectivity index (χ3v) is 7.44. The van der Waals surface area contributed by atoms with Crippen LogP contribution in [0.2, 0.25) is 0 Å². The third kappa shape index (κ3) is 4.67. The van der Waals surface area contributed by atoms with Crippen molar-refractivity contribution in [2.75, 3.05) is 0 Å². The van der Waals surface area contributed by atoms with Gasteiger partial charge in [-0.15, -0.1) is 0 Å². The van der Waals surface area contributed by atoms with Crippen LogP contribution >= 0.6 is 0 Å². The normalized spacial score (nSPS) is 21.8. The summed E-state index contributed by atoms with van der Waals surface area (Å²) in [6.45, 7) is 15.2. The van der Waals surface area contributed by atoms with Crippen molar-refractivity contribution in [1.82, 2.24) is 4.90 Å². The van der Waals surface area contributed by atoms with Crippen LogP contribution in [0.3, 0.4) is 0 Å². The van der Waals surface area contributed by atoms with Gasteiger partial charge in [0.25, 0.3) is 0 Å². The number of benzene rings is 2. The summed E-state index contributed by atoms with van der Waals surface area (Å²) in [5.74, 6) is 1.67. The molecule has 2 aliphatic rings. The van der Waals surface area contributed by atoms with Crippen LogP contribution in [0.4, 0.5) is 0 Å². The Labute approximate surface area is 190 Å². The summed E-state index contributed by atoms with van der Waals surface area (Å²) in [6.07, 6.45) is 7.85. The summed E-state index contributed by atoms with van der Waals surface area (Å²) < 4.78 is 0. The van der Waals surface area contributed by atoms with Crippen molar-refractivity contribution in [3.63, 3.8) is 0 Å². The third-order valence-electron chi connectivity index (χ3n) is 7.44. The van der Waals surface area contributed by atoms with Crippen molar-refractivity contribution < 1.29 is 0 Å². The smallest absolute Gasteiger partial charge is 0.0290 e. The zero-order valence-electron chi connectivity index (χ0n) is 20.5. The molecule has 4 rings (SSSR count). The van der Waals surface area contributed by atoms with Crippen molar-refractivity contribution in [2.45, 2.75) is 104 Å². The SMILES string of the molecule is CC(C)c1cc(C(C)C)c(C2=CC3CCCC(C2)N3Cc2ccccc2)c(C(C)C)c1. The second-order valence-corrected chi connectivity index (χ2v) is 10.7. The molecule has 2 bridgehead atoms. The van der Waals surface area contributed by atoms with Gasteiger partial charge in [0.1, 0.15) is 0 Å². The van der Waals surface area contributed by atoms with Gasteiger partial charge in [0.15, 0.2) is 0 Å². The molecule has 2 aromatic carbocycles. The van der Waals surface area contributed by atoms with Crippen LogP contribution in [0.15, 0.2) is 48.5 Å². The predicted octanol–water partition coefficient (Wildman–Crippen LogP) is 8.27. The van der Waals surface area contributed by atoms with E-state index in [9.17, 15) is 0 Å². The van der Waals surface area contributed by atoms with Gasteiger partial charge < -0.3 is 0 Å². The average molecular weight is 416 g/mol. The van der Waals surface area contributed by atoms with Gasteiger partial charge in [0.2, 0.25) is 0 Å². The molecule has 2 atom stereocenters. The zero-order valence-corrected chi connectivity index (χ0v) is 20.5. The van der Waals surface area contributed by atoms with Crippen LogP contribution in [-0.2, 0) is 6.54 Å². The van der Waals surface area contributed by atoms with Crippen LogP contribution in [-0.4, -0.2) is 17.0 Å². The lowest BCUT2D eigenvalue weighted by Gasteiger charge is -2.46. The van der Waals surface area contributed by atoms with E-state index >= 15 is 0 Å². The molecule has 1 saturated heterocycles. The molecular formula is C30H41N. The van der Waals surface area contributed by atoms with E-state index in [1.807, 2.05) is 0 Å². The molecule has 0 aliphatic carbocycles. The van der Waals surface area contributed by atoms with E-state index in [-0.39, 0.29) is 0 Å². The lowest BCUT2D eigenvalue weighted by Crippen LogP contribution is -2.47. The first-order valence-electron chi connectivity index (χ1n) is 12.5. The summed E-state index contributed by atoms with van der Waals surface area (Å²) >= 11 is 0. The first kappa shape index (κ1) is 22.3. The number of hydrogen-bond acceptors (Lipinski definition) is 1. The molecule has 1 nitrogen and oxygen atoms in total. The number of rotatable bonds is 6. The van der Waals surface area contributed by atoms with Crippen molar-refractivity contribution in [1.29, 1.82) is 0 Å². The number of hydrogen-bond donors (Lipinski definition) is 0. The molecule has 2 heterocycles. The van der Waals surface area contributed by atoms with E-state index in [2.05, 4.69) is 95.0 Å². The minimum Gasteiger partial charge on any atom is -0.289 e. The molecule has 31 heavy (non-hydrogen) atoms. The van der Waals surface area contributed by atoms with Gasteiger partial charge >= 0.3 is 0 Å². The van der Waals surface area contributed by atoms with E-state index in [4.69, 9.17) is 0 Å². The second-order valence-electron chi connectivity index (χ2n) is 10.7. The lowest BCUT2D eigenvalue weighted by molar-refractivity contribution is 0.0951. The summed E-state index contributed by atoms with van der Waals surface area (Å²) in [5.41, 5.74) is 9.29. The number of fused-ring (bicyclic) bond motifs is 2. The molecule has 2 unspecified atom stereocenters. The van der Waals surface area contributed by atoms with Gasteiger partial charge in [-0.2, -0.15) is 0 Å². The lowest BCUT2D eigenvalue weighted by atomic mass is 9.76. The molecule has 0 spiro atoms. The fourth-order valence-electron chi connectivity index (χ4n) is 5.67. The first-order chi connectivity index (χ1) is 14.8. The topological polar surface area (TPSA) is 3.24 Å². The first-order valence-corrected chi connectivity index (χ1v) is 12.5. The maximum absolute atomic E-state index is 2.79. The largest absolute Gasteiger partial charge is 0.289 e. The average Bonchev–Trinajstić information content (AvgIpc) is 2.73. The summed E-state index contributed by atoms with van der Waals surface area (Å²) in [7, 11) is 0. The molecule has 1 heteroatoms. The highest BCUT2D eigenvalue weighted by molar-refractivity contribution is 5.74. The Bertz CT molecular complexity index is 890. The van der Waals surface area contributed by atoms with Crippen LogP contribution in [0.25, 0.3) is 5.57 Å². The van der Waals surface area contributed by atoms with E-state index in [0.29, 0.717) is 29.8 Å². The highest BCUT2D eigenvalue weighted by atomic mass is 15.2. The molecule has 166 valence electrons. The van der Waals surface area contributed by atoms with Gasteiger partial charge in [-0.1, -0.05) is 96.5 Å². The monoisotopic (exact) mass is 415 g/mol. The Balaban J connectivity index is 1.76. The maximum atomic E-state index is 2.79. The predicted molar refractivity (Wildman–Crippen MR) is 135 cm³/mol. The van der Waals surface area contributed by atoms with Crippen molar-refractivity contribution in [3.8, 4) is 0 Å².